The summed E-state index contributed by atoms with van der Waals surface area (Å²) in [5, 5.41) is 9.05. The van der Waals surface area contributed by atoms with Crippen LogP contribution >= 0.6 is 0 Å². The number of ether oxygens (including phenoxy) is 1. The molecule has 4 nitrogen and oxygen atoms in total. The number of hydrogen-bond donors (Lipinski definition) is 1. The van der Waals surface area contributed by atoms with Gasteiger partial charge in [0.25, 0.3) is 0 Å². The molecule has 0 saturated heterocycles. The Morgan fingerprint density at radius 3 is 2.38 bits per heavy atom. The van der Waals surface area contributed by atoms with Crippen LogP contribution in [0.5, 0.6) is 5.75 Å². The Morgan fingerprint density at radius 1 is 1.19 bits per heavy atom. The number of benzene rings is 2. The molecule has 0 radical (unpaired) electrons. The quantitative estimate of drug-likeness (QED) is 0.915. The van der Waals surface area contributed by atoms with Crippen molar-refractivity contribution in [3.8, 4) is 5.75 Å². The van der Waals surface area contributed by atoms with Gasteiger partial charge in [-0.3, -0.25) is 0 Å². The Hall–Kier alpha value is -2.49. The van der Waals surface area contributed by atoms with E-state index in [0.29, 0.717) is 5.56 Å². The van der Waals surface area contributed by atoms with Crippen LogP contribution in [0.4, 0.5) is 5.69 Å². The molecule has 21 heavy (non-hydrogen) atoms. The average molecular weight is 285 g/mol. The Morgan fingerprint density at radius 2 is 1.86 bits per heavy atom. The van der Waals surface area contributed by atoms with Crippen molar-refractivity contribution in [2.75, 3.05) is 19.1 Å². The summed E-state index contributed by atoms with van der Waals surface area (Å²) < 4.78 is 5.14. The molecule has 0 fully saturated rings. The molecule has 0 atom stereocenters. The topological polar surface area (TPSA) is 49.8 Å². The number of carbonyl (C=O) groups is 1. The van der Waals surface area contributed by atoms with Crippen LogP contribution in [0.3, 0.4) is 0 Å². The highest BCUT2D eigenvalue weighted by molar-refractivity contribution is 5.89. The lowest BCUT2D eigenvalue weighted by Crippen LogP contribution is -2.16. The molecule has 0 aliphatic heterocycles. The van der Waals surface area contributed by atoms with Crippen LogP contribution in [0.25, 0.3) is 0 Å². The molecule has 2 rings (SSSR count). The minimum Gasteiger partial charge on any atom is -0.497 e. The van der Waals surface area contributed by atoms with E-state index in [-0.39, 0.29) is 0 Å². The third-order valence-corrected chi connectivity index (χ3v) is 3.46. The number of nitrogens with zero attached hydrogens (tertiary/aromatic N) is 1. The van der Waals surface area contributed by atoms with Crippen molar-refractivity contribution < 1.29 is 14.6 Å². The van der Waals surface area contributed by atoms with Crippen molar-refractivity contribution in [1.29, 1.82) is 0 Å². The maximum atomic E-state index is 11.0. The molecule has 4 heteroatoms. The highest BCUT2D eigenvalue weighted by Gasteiger charge is 2.09. The highest BCUT2D eigenvalue weighted by atomic mass is 16.5. The number of aryl methyl sites for hydroxylation is 1. The predicted molar refractivity (Wildman–Crippen MR) is 83.2 cm³/mol. The first-order chi connectivity index (χ1) is 10.0. The molecule has 0 aliphatic carbocycles. The minimum absolute atomic E-state index is 0.344. The van der Waals surface area contributed by atoms with Gasteiger partial charge in [0.05, 0.1) is 12.7 Å². The molecule has 0 unspecified atom stereocenters. The van der Waals surface area contributed by atoms with E-state index in [1.54, 1.807) is 13.2 Å². The van der Waals surface area contributed by atoms with Gasteiger partial charge in [-0.05, 0) is 48.4 Å². The number of aromatic carboxylic acids is 1. The zero-order valence-electron chi connectivity index (χ0n) is 12.5. The van der Waals surface area contributed by atoms with Gasteiger partial charge in [0, 0.05) is 19.3 Å². The molecule has 0 spiro atoms. The molecule has 110 valence electrons. The minimum atomic E-state index is -0.892. The Balaban J connectivity index is 2.14. The van der Waals surface area contributed by atoms with E-state index in [4.69, 9.17) is 9.84 Å². The molecule has 0 bridgehead atoms. The SMILES string of the molecule is COc1ccc(CN(C)c2ccc(C(=O)O)c(C)c2)cc1. The zero-order valence-corrected chi connectivity index (χ0v) is 12.5. The lowest BCUT2D eigenvalue weighted by atomic mass is 10.1. The number of carboxylic acids is 1. The molecule has 1 N–H and O–H groups in total. The van der Waals surface area contributed by atoms with Crippen molar-refractivity contribution in [2.24, 2.45) is 0 Å². The molecule has 0 heterocycles. The van der Waals surface area contributed by atoms with Gasteiger partial charge >= 0.3 is 5.97 Å². The second-order valence-corrected chi connectivity index (χ2v) is 5.01. The van der Waals surface area contributed by atoms with Gasteiger partial charge in [0.2, 0.25) is 0 Å². The van der Waals surface area contributed by atoms with Crippen molar-refractivity contribution in [2.45, 2.75) is 13.5 Å². The summed E-state index contributed by atoms with van der Waals surface area (Å²) in [6.45, 7) is 2.56. The first-order valence-corrected chi connectivity index (χ1v) is 6.69. The summed E-state index contributed by atoms with van der Waals surface area (Å²) in [7, 11) is 3.63. The maximum absolute atomic E-state index is 11.0. The average Bonchev–Trinajstić information content (AvgIpc) is 2.47. The van der Waals surface area contributed by atoms with Crippen molar-refractivity contribution in [3.05, 3.63) is 59.2 Å². The molecule has 2 aromatic rings. The lowest BCUT2D eigenvalue weighted by molar-refractivity contribution is 0.0696. The summed E-state index contributed by atoms with van der Waals surface area (Å²) in [6, 6.07) is 13.3. The standard InChI is InChI=1S/C17H19NO3/c1-12-10-14(6-9-16(12)17(19)20)18(2)11-13-4-7-15(21-3)8-5-13/h4-10H,11H2,1-3H3,(H,19,20). The summed E-state index contributed by atoms with van der Waals surface area (Å²) in [5.41, 5.74) is 3.27. The van der Waals surface area contributed by atoms with Gasteiger partial charge in [-0.25, -0.2) is 4.79 Å². The van der Waals surface area contributed by atoms with E-state index in [0.717, 1.165) is 23.5 Å². The van der Waals surface area contributed by atoms with Gasteiger partial charge in [0.1, 0.15) is 5.75 Å². The number of anilines is 1. The van der Waals surface area contributed by atoms with Gasteiger partial charge in [-0.15, -0.1) is 0 Å². The van der Waals surface area contributed by atoms with Crippen LogP contribution in [0, 0.1) is 6.92 Å². The van der Waals surface area contributed by atoms with Crippen LogP contribution in [0.1, 0.15) is 21.5 Å². The second kappa shape index (κ2) is 6.31. The number of methoxy groups -OCH3 is 1. The highest BCUT2D eigenvalue weighted by Crippen LogP contribution is 2.21. The molecule has 0 amide bonds. The molecular weight excluding hydrogens is 266 g/mol. The fraction of sp³-hybridized carbons (Fsp3) is 0.235. The Bertz CT molecular complexity index is 635. The van der Waals surface area contributed by atoms with Gasteiger partial charge in [-0.1, -0.05) is 12.1 Å². The first-order valence-electron chi connectivity index (χ1n) is 6.69. The fourth-order valence-corrected chi connectivity index (χ4v) is 2.22. The van der Waals surface area contributed by atoms with E-state index in [1.807, 2.05) is 50.4 Å². The predicted octanol–water partition coefficient (Wildman–Crippen LogP) is 3.34. The smallest absolute Gasteiger partial charge is 0.335 e. The molecule has 2 aromatic carbocycles. The normalized spacial score (nSPS) is 10.2. The molecule has 0 saturated carbocycles. The van der Waals surface area contributed by atoms with Crippen LogP contribution in [0.2, 0.25) is 0 Å². The Kier molecular flexibility index (Phi) is 4.48. The lowest BCUT2D eigenvalue weighted by Gasteiger charge is -2.20. The van der Waals surface area contributed by atoms with E-state index in [9.17, 15) is 4.79 Å². The molecule has 0 aliphatic rings. The van der Waals surface area contributed by atoms with E-state index < -0.39 is 5.97 Å². The number of hydrogen-bond acceptors (Lipinski definition) is 3. The van der Waals surface area contributed by atoms with E-state index >= 15 is 0 Å². The van der Waals surface area contributed by atoms with Crippen LogP contribution in [0.15, 0.2) is 42.5 Å². The number of rotatable bonds is 5. The molecule has 0 aromatic heterocycles. The van der Waals surface area contributed by atoms with Crippen LogP contribution < -0.4 is 9.64 Å². The maximum Gasteiger partial charge on any atom is 0.335 e. The van der Waals surface area contributed by atoms with Crippen molar-refractivity contribution in [1.82, 2.24) is 0 Å². The van der Waals surface area contributed by atoms with Gasteiger partial charge in [0.15, 0.2) is 0 Å². The van der Waals surface area contributed by atoms with Crippen LogP contribution in [-0.4, -0.2) is 25.2 Å². The third-order valence-electron chi connectivity index (χ3n) is 3.46. The Labute approximate surface area is 124 Å². The fourth-order valence-electron chi connectivity index (χ4n) is 2.22. The number of carboxylic acid groups (broad SMARTS) is 1. The van der Waals surface area contributed by atoms with Gasteiger partial charge in [-0.2, -0.15) is 0 Å². The second-order valence-electron chi connectivity index (χ2n) is 5.01. The van der Waals surface area contributed by atoms with Crippen LogP contribution in [-0.2, 0) is 6.54 Å². The summed E-state index contributed by atoms with van der Waals surface area (Å²) in [6.07, 6.45) is 0. The van der Waals surface area contributed by atoms with Gasteiger partial charge < -0.3 is 14.7 Å². The van der Waals surface area contributed by atoms with Crippen molar-refractivity contribution in [3.63, 3.8) is 0 Å². The van der Waals surface area contributed by atoms with E-state index in [1.165, 1.54) is 5.56 Å². The summed E-state index contributed by atoms with van der Waals surface area (Å²) in [4.78, 5) is 13.1. The van der Waals surface area contributed by atoms with E-state index in [2.05, 4.69) is 4.90 Å². The monoisotopic (exact) mass is 285 g/mol. The molecular formula is C17H19NO3. The zero-order chi connectivity index (χ0) is 15.4. The summed E-state index contributed by atoms with van der Waals surface area (Å²) in [5.74, 6) is -0.0556. The van der Waals surface area contributed by atoms with Crippen molar-refractivity contribution >= 4 is 11.7 Å². The summed E-state index contributed by atoms with van der Waals surface area (Å²) >= 11 is 0. The largest absolute Gasteiger partial charge is 0.497 e. The third kappa shape index (κ3) is 3.54. The first kappa shape index (κ1) is 14.9.